The van der Waals surface area contributed by atoms with Gasteiger partial charge in [-0.1, -0.05) is 42.5 Å². The molecule has 1 aromatic carbocycles. The Labute approximate surface area is 147 Å². The van der Waals surface area contributed by atoms with Crippen molar-refractivity contribution in [3.63, 3.8) is 0 Å². The Morgan fingerprint density at radius 3 is 2.60 bits per heavy atom. The highest BCUT2D eigenvalue weighted by Gasteiger charge is 2.78. The molecule has 0 bridgehead atoms. The average molecular weight is 341 g/mol. The number of hydrogen-bond donors (Lipinski definition) is 0. The summed E-state index contributed by atoms with van der Waals surface area (Å²) in [5.74, 6) is -0.905. The van der Waals surface area contributed by atoms with Crippen molar-refractivity contribution in [1.29, 1.82) is 0 Å². The Hall–Kier alpha value is -2.43. The number of rotatable bonds is 5. The maximum Gasteiger partial charge on any atom is 0.323 e. The number of aliphatic imine (C=N–C) groups is 1. The number of ether oxygens (including phenoxy) is 2. The predicted molar refractivity (Wildman–Crippen MR) is 94.2 cm³/mol. The summed E-state index contributed by atoms with van der Waals surface area (Å²) in [4.78, 5) is 30.8. The topological polar surface area (TPSA) is 65.0 Å². The molecule has 0 amide bonds. The van der Waals surface area contributed by atoms with Gasteiger partial charge in [0.1, 0.15) is 5.54 Å². The van der Waals surface area contributed by atoms with Crippen molar-refractivity contribution in [1.82, 2.24) is 0 Å². The van der Waals surface area contributed by atoms with E-state index >= 15 is 0 Å². The van der Waals surface area contributed by atoms with E-state index < -0.39 is 16.9 Å². The van der Waals surface area contributed by atoms with Crippen LogP contribution in [0.2, 0.25) is 0 Å². The molecule has 0 spiro atoms. The van der Waals surface area contributed by atoms with Crippen LogP contribution >= 0.6 is 0 Å². The number of carbonyl (C=O) groups excluding carboxylic acids is 2. The van der Waals surface area contributed by atoms with Crippen molar-refractivity contribution in [3.05, 3.63) is 48.0 Å². The van der Waals surface area contributed by atoms with Gasteiger partial charge in [0.05, 0.1) is 13.2 Å². The Bertz CT molecular complexity index is 739. The third-order valence-electron chi connectivity index (χ3n) is 5.12. The zero-order valence-electron chi connectivity index (χ0n) is 14.8. The molecule has 0 aromatic heterocycles. The first-order valence-electron chi connectivity index (χ1n) is 8.71. The molecule has 0 saturated heterocycles. The molecule has 25 heavy (non-hydrogen) atoms. The number of fused-ring (bicyclic) bond motifs is 1. The molecule has 3 atom stereocenters. The summed E-state index contributed by atoms with van der Waals surface area (Å²) in [6.45, 7) is 6.00. The molecule has 0 unspecified atom stereocenters. The van der Waals surface area contributed by atoms with Crippen LogP contribution in [-0.2, 0) is 24.6 Å². The molecule has 5 nitrogen and oxygen atoms in total. The third-order valence-corrected chi connectivity index (χ3v) is 5.12. The van der Waals surface area contributed by atoms with E-state index in [2.05, 4.69) is 0 Å². The van der Waals surface area contributed by atoms with Gasteiger partial charge in [-0.25, -0.2) is 4.99 Å². The van der Waals surface area contributed by atoms with Crippen LogP contribution in [0.5, 0.6) is 0 Å². The molecule has 1 heterocycles. The molecular formula is C20H23NO4. The summed E-state index contributed by atoms with van der Waals surface area (Å²) < 4.78 is 10.8. The van der Waals surface area contributed by atoms with Gasteiger partial charge in [0.25, 0.3) is 5.90 Å². The first-order valence-corrected chi connectivity index (χ1v) is 8.71. The van der Waals surface area contributed by atoms with Gasteiger partial charge in [-0.3, -0.25) is 9.59 Å². The van der Waals surface area contributed by atoms with E-state index in [0.29, 0.717) is 13.0 Å². The molecule has 0 radical (unpaired) electrons. The van der Waals surface area contributed by atoms with Crippen LogP contribution in [0, 0.1) is 11.3 Å². The summed E-state index contributed by atoms with van der Waals surface area (Å²) in [6, 6.07) is 9.51. The standard InChI is InChI=1S/C20H23NO4/c1-4-10-15-13-19(18(23)25-6-3)16(22)17(24-5-2)21-20(15,19)14-11-8-7-9-12-14/h4,7-12,15H,5-6,13H2,1-3H3/b10-4-/t15-,19+,20+/m0/s1. The van der Waals surface area contributed by atoms with Gasteiger partial charge in [0.15, 0.2) is 5.41 Å². The number of benzene rings is 1. The van der Waals surface area contributed by atoms with Gasteiger partial charge in [0.2, 0.25) is 5.78 Å². The number of esters is 1. The summed E-state index contributed by atoms with van der Waals surface area (Å²) in [6.07, 6.45) is 4.32. The molecule has 1 aromatic rings. The molecule has 2 aliphatic rings. The van der Waals surface area contributed by atoms with E-state index in [9.17, 15) is 9.59 Å². The molecule has 1 aliphatic heterocycles. The van der Waals surface area contributed by atoms with Gasteiger partial charge in [0, 0.05) is 5.92 Å². The van der Waals surface area contributed by atoms with Crippen LogP contribution in [0.3, 0.4) is 0 Å². The smallest absolute Gasteiger partial charge is 0.323 e. The fraction of sp³-hybridized carbons (Fsp3) is 0.450. The average Bonchev–Trinajstić information content (AvgIpc) is 2.80. The lowest BCUT2D eigenvalue weighted by atomic mass is 9.46. The lowest BCUT2D eigenvalue weighted by molar-refractivity contribution is -0.176. The van der Waals surface area contributed by atoms with Crippen LogP contribution in [-0.4, -0.2) is 30.9 Å². The first kappa shape index (κ1) is 17.4. The molecule has 3 rings (SSSR count). The van der Waals surface area contributed by atoms with Crippen LogP contribution in [0.25, 0.3) is 0 Å². The number of carbonyl (C=O) groups is 2. The fourth-order valence-electron chi connectivity index (χ4n) is 4.13. The molecule has 5 heteroatoms. The lowest BCUT2D eigenvalue weighted by Gasteiger charge is -2.55. The number of Topliss-reactive ketones (excluding diaryl/α,β-unsaturated/α-hetero) is 1. The second-order valence-electron chi connectivity index (χ2n) is 6.27. The monoisotopic (exact) mass is 341 g/mol. The first-order chi connectivity index (χ1) is 12.1. The van der Waals surface area contributed by atoms with Gasteiger partial charge in [-0.05, 0) is 32.8 Å². The minimum absolute atomic E-state index is 0.0337. The van der Waals surface area contributed by atoms with E-state index in [0.717, 1.165) is 5.56 Å². The highest BCUT2D eigenvalue weighted by molar-refractivity contribution is 6.45. The van der Waals surface area contributed by atoms with Crippen molar-refractivity contribution in [2.75, 3.05) is 13.2 Å². The van der Waals surface area contributed by atoms with E-state index in [1.807, 2.05) is 49.4 Å². The van der Waals surface area contributed by atoms with Gasteiger partial charge >= 0.3 is 5.97 Å². The minimum Gasteiger partial charge on any atom is -0.476 e. The molecule has 1 saturated carbocycles. The van der Waals surface area contributed by atoms with E-state index in [4.69, 9.17) is 14.5 Å². The van der Waals surface area contributed by atoms with Crippen LogP contribution in [0.15, 0.2) is 47.5 Å². The fourth-order valence-corrected chi connectivity index (χ4v) is 4.13. The van der Waals surface area contributed by atoms with Crippen LogP contribution < -0.4 is 0 Å². The van der Waals surface area contributed by atoms with Gasteiger partial charge in [-0.2, -0.15) is 0 Å². The molecular weight excluding hydrogens is 318 g/mol. The van der Waals surface area contributed by atoms with Gasteiger partial charge < -0.3 is 9.47 Å². The quantitative estimate of drug-likeness (QED) is 0.469. The SMILES string of the molecule is C/C=C\[C@H]1C[C@]2(C(=O)OCC)C(=O)C(OCC)=N[C@]12c1ccccc1. The second-order valence-corrected chi connectivity index (χ2v) is 6.27. The van der Waals surface area contributed by atoms with E-state index in [1.165, 1.54) is 0 Å². The second kappa shape index (κ2) is 6.47. The summed E-state index contributed by atoms with van der Waals surface area (Å²) in [5.41, 5.74) is -1.49. The highest BCUT2D eigenvalue weighted by atomic mass is 16.5. The molecule has 1 aliphatic carbocycles. The summed E-state index contributed by atoms with van der Waals surface area (Å²) in [5, 5.41) is 0. The third kappa shape index (κ3) is 2.18. The van der Waals surface area contributed by atoms with Crippen molar-refractivity contribution >= 4 is 17.7 Å². The van der Waals surface area contributed by atoms with Crippen molar-refractivity contribution in [2.24, 2.45) is 16.3 Å². The van der Waals surface area contributed by atoms with E-state index in [1.54, 1.807) is 13.8 Å². The van der Waals surface area contributed by atoms with Crippen molar-refractivity contribution in [3.8, 4) is 0 Å². The normalized spacial score (nSPS) is 30.6. The maximum atomic E-state index is 13.1. The van der Waals surface area contributed by atoms with Crippen LogP contribution in [0.1, 0.15) is 32.8 Å². The minimum atomic E-state index is -1.33. The number of nitrogens with zero attached hydrogens (tertiary/aromatic N) is 1. The largest absolute Gasteiger partial charge is 0.476 e. The van der Waals surface area contributed by atoms with Crippen molar-refractivity contribution in [2.45, 2.75) is 32.7 Å². The van der Waals surface area contributed by atoms with E-state index in [-0.39, 0.29) is 24.2 Å². The van der Waals surface area contributed by atoms with Crippen molar-refractivity contribution < 1.29 is 19.1 Å². The predicted octanol–water partition coefficient (Wildman–Crippen LogP) is 3.05. The number of hydrogen-bond acceptors (Lipinski definition) is 5. The highest BCUT2D eigenvalue weighted by Crippen LogP contribution is 2.67. The maximum absolute atomic E-state index is 13.1. The number of allylic oxidation sites excluding steroid dienone is 1. The number of ketones is 1. The molecule has 0 N–H and O–H groups in total. The molecule has 1 fully saturated rings. The lowest BCUT2D eigenvalue weighted by Crippen LogP contribution is -2.65. The van der Waals surface area contributed by atoms with Crippen LogP contribution in [0.4, 0.5) is 0 Å². The Balaban J connectivity index is 2.22. The Morgan fingerprint density at radius 1 is 1.28 bits per heavy atom. The van der Waals surface area contributed by atoms with Gasteiger partial charge in [-0.15, -0.1) is 0 Å². The Kier molecular flexibility index (Phi) is 4.50. The summed E-state index contributed by atoms with van der Waals surface area (Å²) >= 11 is 0. The Morgan fingerprint density at radius 2 is 2.00 bits per heavy atom. The zero-order chi connectivity index (χ0) is 18.1. The molecule has 132 valence electrons. The zero-order valence-corrected chi connectivity index (χ0v) is 14.8. The summed E-state index contributed by atoms with van der Waals surface area (Å²) in [7, 11) is 0.